The van der Waals surface area contributed by atoms with E-state index in [0.29, 0.717) is 66.1 Å². The van der Waals surface area contributed by atoms with Crippen molar-refractivity contribution in [2.45, 2.75) is 12.8 Å². The maximum Gasteiger partial charge on any atom is 0.233 e. The van der Waals surface area contributed by atoms with Crippen LogP contribution in [0, 0.1) is 0 Å². The average Bonchev–Trinajstić information content (AvgIpc) is 2.94. The summed E-state index contributed by atoms with van der Waals surface area (Å²) in [6.45, 7) is 0.778. The summed E-state index contributed by atoms with van der Waals surface area (Å²) in [7, 11) is 6.15. The molecule has 8 heteroatoms. The summed E-state index contributed by atoms with van der Waals surface area (Å²) in [4.78, 5) is 26.8. The van der Waals surface area contributed by atoms with E-state index in [9.17, 15) is 9.59 Å². The van der Waals surface area contributed by atoms with Crippen LogP contribution in [0.1, 0.15) is 31.8 Å². The second kappa shape index (κ2) is 11.0. The van der Waals surface area contributed by atoms with Gasteiger partial charge in [-0.1, -0.05) is 0 Å². The van der Waals surface area contributed by atoms with Crippen LogP contribution in [0.4, 0.5) is 0 Å². The molecule has 0 radical (unpaired) electrons. The SMILES string of the molecule is COc1cc(CCc2cc3c(cc2C(=O)C(=O)c2cc(OC)cc(OC)c2)OCCO3)cc(OC)c1. The van der Waals surface area contributed by atoms with Crippen molar-refractivity contribution in [3.8, 4) is 34.5 Å². The Morgan fingerprint density at radius 3 is 1.67 bits per heavy atom. The minimum atomic E-state index is -0.673. The summed E-state index contributed by atoms with van der Waals surface area (Å²) in [5, 5.41) is 0. The van der Waals surface area contributed by atoms with Gasteiger partial charge in [0.15, 0.2) is 11.5 Å². The molecule has 0 bridgehead atoms. The molecule has 0 aromatic heterocycles. The largest absolute Gasteiger partial charge is 0.497 e. The maximum atomic E-state index is 13.5. The zero-order chi connectivity index (χ0) is 25.7. The molecule has 188 valence electrons. The molecule has 1 heterocycles. The molecule has 0 atom stereocenters. The van der Waals surface area contributed by atoms with Gasteiger partial charge < -0.3 is 28.4 Å². The van der Waals surface area contributed by atoms with E-state index < -0.39 is 11.6 Å². The Bertz CT molecular complexity index is 1240. The van der Waals surface area contributed by atoms with Crippen LogP contribution in [0.5, 0.6) is 34.5 Å². The molecule has 4 rings (SSSR count). The Kier molecular flexibility index (Phi) is 7.63. The van der Waals surface area contributed by atoms with Crippen LogP contribution >= 0.6 is 0 Å². The van der Waals surface area contributed by atoms with E-state index in [1.165, 1.54) is 26.4 Å². The van der Waals surface area contributed by atoms with Crippen LogP contribution in [0.25, 0.3) is 0 Å². The lowest BCUT2D eigenvalue weighted by Gasteiger charge is -2.21. The fraction of sp³-hybridized carbons (Fsp3) is 0.286. The lowest BCUT2D eigenvalue weighted by Crippen LogP contribution is -2.20. The van der Waals surface area contributed by atoms with Crippen LogP contribution in [0.2, 0.25) is 0 Å². The summed E-state index contributed by atoms with van der Waals surface area (Å²) in [5.41, 5.74) is 2.08. The van der Waals surface area contributed by atoms with Gasteiger partial charge in [0.1, 0.15) is 36.2 Å². The highest BCUT2D eigenvalue weighted by atomic mass is 16.6. The third kappa shape index (κ3) is 5.38. The van der Waals surface area contributed by atoms with Crippen LogP contribution < -0.4 is 28.4 Å². The molecule has 3 aromatic rings. The first-order chi connectivity index (χ1) is 17.4. The van der Waals surface area contributed by atoms with Gasteiger partial charge in [-0.25, -0.2) is 0 Å². The molecule has 1 aliphatic heterocycles. The highest BCUT2D eigenvalue weighted by Gasteiger charge is 2.26. The molecule has 0 saturated carbocycles. The fourth-order valence-corrected chi connectivity index (χ4v) is 4.03. The molecule has 0 aliphatic carbocycles. The van der Waals surface area contributed by atoms with E-state index in [4.69, 9.17) is 28.4 Å². The lowest BCUT2D eigenvalue weighted by atomic mass is 9.93. The molecule has 0 spiro atoms. The van der Waals surface area contributed by atoms with Crippen molar-refractivity contribution in [3.63, 3.8) is 0 Å². The third-order valence-electron chi connectivity index (χ3n) is 5.93. The van der Waals surface area contributed by atoms with Gasteiger partial charge in [-0.3, -0.25) is 9.59 Å². The average molecular weight is 493 g/mol. The number of carbonyl (C=O) groups is 2. The number of hydrogen-bond acceptors (Lipinski definition) is 8. The van der Waals surface area contributed by atoms with Crippen molar-refractivity contribution in [1.29, 1.82) is 0 Å². The van der Waals surface area contributed by atoms with E-state index in [1.54, 1.807) is 38.5 Å². The summed E-state index contributed by atoms with van der Waals surface area (Å²) in [6, 6.07) is 13.7. The first kappa shape index (κ1) is 24.9. The van der Waals surface area contributed by atoms with Crippen LogP contribution in [0.15, 0.2) is 48.5 Å². The number of fused-ring (bicyclic) bond motifs is 1. The second-order valence-electron chi connectivity index (χ2n) is 8.13. The van der Waals surface area contributed by atoms with Gasteiger partial charge in [-0.2, -0.15) is 0 Å². The molecule has 0 unspecified atom stereocenters. The topological polar surface area (TPSA) is 89.5 Å². The minimum absolute atomic E-state index is 0.176. The van der Waals surface area contributed by atoms with Crippen molar-refractivity contribution in [2.24, 2.45) is 0 Å². The number of Topliss-reactive ketones (excluding diaryl/α,β-unsaturated/α-hetero) is 2. The van der Waals surface area contributed by atoms with E-state index in [1.807, 2.05) is 12.1 Å². The van der Waals surface area contributed by atoms with Crippen molar-refractivity contribution in [3.05, 3.63) is 70.8 Å². The Morgan fingerprint density at radius 1 is 0.639 bits per heavy atom. The molecular weight excluding hydrogens is 464 g/mol. The van der Waals surface area contributed by atoms with Crippen LogP contribution in [-0.2, 0) is 12.8 Å². The van der Waals surface area contributed by atoms with Gasteiger partial charge in [0.25, 0.3) is 0 Å². The highest BCUT2D eigenvalue weighted by Crippen LogP contribution is 2.35. The van der Waals surface area contributed by atoms with Gasteiger partial charge in [0.05, 0.1) is 28.4 Å². The summed E-state index contributed by atoms with van der Waals surface area (Å²) in [5.74, 6) is 1.84. The smallest absolute Gasteiger partial charge is 0.233 e. The number of methoxy groups -OCH3 is 4. The number of benzene rings is 3. The zero-order valence-corrected chi connectivity index (χ0v) is 20.7. The standard InChI is InChI=1S/C28H28O8/c1-31-20-9-17(10-21(14-20)32-2)5-6-18-13-25-26(36-8-7-35-25)16-24(18)28(30)27(29)19-11-22(33-3)15-23(12-19)34-4/h9-16H,5-8H2,1-4H3. The predicted octanol–water partition coefficient (Wildman–Crippen LogP) is 4.34. The fourth-order valence-electron chi connectivity index (χ4n) is 4.03. The van der Waals surface area contributed by atoms with E-state index >= 15 is 0 Å². The number of rotatable bonds is 10. The van der Waals surface area contributed by atoms with E-state index in [-0.39, 0.29) is 11.1 Å². The van der Waals surface area contributed by atoms with Gasteiger partial charge in [-0.05, 0) is 60.4 Å². The molecule has 0 amide bonds. The number of aryl methyl sites for hydroxylation is 2. The number of ether oxygens (including phenoxy) is 6. The lowest BCUT2D eigenvalue weighted by molar-refractivity contribution is 0.0815. The quantitative estimate of drug-likeness (QED) is 0.305. The molecular formula is C28H28O8. The van der Waals surface area contributed by atoms with Crippen LogP contribution in [0.3, 0.4) is 0 Å². The summed E-state index contributed by atoms with van der Waals surface area (Å²) >= 11 is 0. The monoisotopic (exact) mass is 492 g/mol. The van der Waals surface area contributed by atoms with Crippen molar-refractivity contribution in [2.75, 3.05) is 41.7 Å². The summed E-state index contributed by atoms with van der Waals surface area (Å²) < 4.78 is 32.7. The molecule has 0 fully saturated rings. The van der Waals surface area contributed by atoms with Crippen molar-refractivity contribution < 1.29 is 38.0 Å². The van der Waals surface area contributed by atoms with Crippen molar-refractivity contribution >= 4 is 11.6 Å². The second-order valence-corrected chi connectivity index (χ2v) is 8.13. The molecule has 0 saturated heterocycles. The number of hydrogen-bond donors (Lipinski definition) is 0. The normalized spacial score (nSPS) is 12.0. The summed E-state index contributed by atoms with van der Waals surface area (Å²) in [6.07, 6.45) is 1.05. The zero-order valence-electron chi connectivity index (χ0n) is 20.7. The molecule has 3 aromatic carbocycles. The minimum Gasteiger partial charge on any atom is -0.497 e. The van der Waals surface area contributed by atoms with Gasteiger partial charge >= 0.3 is 0 Å². The molecule has 0 N–H and O–H groups in total. The molecule has 1 aliphatic rings. The molecule has 36 heavy (non-hydrogen) atoms. The Balaban J connectivity index is 1.69. The van der Waals surface area contributed by atoms with Gasteiger partial charge in [0, 0.05) is 23.3 Å². The first-order valence-electron chi connectivity index (χ1n) is 11.4. The van der Waals surface area contributed by atoms with E-state index in [0.717, 1.165) is 5.56 Å². The Morgan fingerprint density at radius 2 is 1.14 bits per heavy atom. The first-order valence-corrected chi connectivity index (χ1v) is 11.4. The van der Waals surface area contributed by atoms with E-state index in [2.05, 4.69) is 0 Å². The van der Waals surface area contributed by atoms with Crippen molar-refractivity contribution in [1.82, 2.24) is 0 Å². The number of ketones is 2. The van der Waals surface area contributed by atoms with Gasteiger partial charge in [-0.15, -0.1) is 0 Å². The Labute approximate surface area is 209 Å². The van der Waals surface area contributed by atoms with Gasteiger partial charge in [0.2, 0.25) is 11.6 Å². The van der Waals surface area contributed by atoms with Crippen LogP contribution in [-0.4, -0.2) is 53.2 Å². The maximum absolute atomic E-state index is 13.5. The Hall–Kier alpha value is -4.20. The molecule has 8 nitrogen and oxygen atoms in total. The number of carbonyl (C=O) groups excluding carboxylic acids is 2. The highest BCUT2D eigenvalue weighted by molar-refractivity contribution is 6.49. The third-order valence-corrected chi connectivity index (χ3v) is 5.93. The predicted molar refractivity (Wildman–Crippen MR) is 133 cm³/mol.